The van der Waals surface area contributed by atoms with Crippen molar-refractivity contribution in [3.8, 4) is 0 Å². The normalized spacial score (nSPS) is 13.6. The van der Waals surface area contributed by atoms with Crippen LogP contribution in [-0.2, 0) is 32.7 Å². The van der Waals surface area contributed by atoms with Crippen LogP contribution < -0.4 is 0 Å². The van der Waals surface area contributed by atoms with Crippen LogP contribution in [0.4, 0.5) is 0 Å². The van der Waals surface area contributed by atoms with Gasteiger partial charge in [-0.15, -0.1) is 0 Å². The van der Waals surface area contributed by atoms with E-state index < -0.39 is 26.5 Å². The highest BCUT2D eigenvalue weighted by molar-refractivity contribution is 7.47. The topological polar surface area (TPSA) is 108 Å². The van der Waals surface area contributed by atoms with Gasteiger partial charge < -0.3 is 18.9 Å². The number of unbranched alkanes of at least 4 members (excludes halogenated alkanes) is 31. The van der Waals surface area contributed by atoms with Crippen LogP contribution in [0.3, 0.4) is 0 Å². The van der Waals surface area contributed by atoms with Crippen LogP contribution >= 0.6 is 7.82 Å². The summed E-state index contributed by atoms with van der Waals surface area (Å²) >= 11 is 0. The zero-order valence-electron chi connectivity index (χ0n) is 43.9. The van der Waals surface area contributed by atoms with Crippen LogP contribution in [0.25, 0.3) is 0 Å². The second-order valence-electron chi connectivity index (χ2n) is 20.0. The summed E-state index contributed by atoms with van der Waals surface area (Å²) < 4.78 is 34.5. The first-order chi connectivity index (χ1) is 32.0. The number of carbonyl (C=O) groups excluding carboxylic acids is 2. The van der Waals surface area contributed by atoms with Gasteiger partial charge in [-0.3, -0.25) is 18.6 Å². The molecule has 0 radical (unpaired) electrons. The fourth-order valence-electron chi connectivity index (χ4n) is 7.85. The number of hydrogen-bond donors (Lipinski definition) is 1. The Kier molecular flexibility index (Phi) is 47.0. The van der Waals surface area contributed by atoms with Gasteiger partial charge >= 0.3 is 19.8 Å². The van der Waals surface area contributed by atoms with Crippen molar-refractivity contribution in [2.75, 3.05) is 47.5 Å². The molecule has 0 aromatic heterocycles. The number of rotatable bonds is 51. The Bertz CT molecular complexity index is 1210. The Morgan fingerprint density at radius 2 is 0.818 bits per heavy atom. The lowest BCUT2D eigenvalue weighted by molar-refractivity contribution is -0.870. The van der Waals surface area contributed by atoms with E-state index in [0.29, 0.717) is 23.9 Å². The van der Waals surface area contributed by atoms with Crippen LogP contribution in [0, 0.1) is 0 Å². The van der Waals surface area contributed by atoms with Crippen molar-refractivity contribution >= 4 is 19.8 Å². The van der Waals surface area contributed by atoms with E-state index in [0.717, 1.165) is 70.6 Å². The summed E-state index contributed by atoms with van der Waals surface area (Å²) in [5, 5.41) is 0. The largest absolute Gasteiger partial charge is 0.472 e. The molecule has 66 heavy (non-hydrogen) atoms. The number of ether oxygens (including phenoxy) is 2. The van der Waals surface area contributed by atoms with Gasteiger partial charge in [-0.2, -0.15) is 0 Å². The van der Waals surface area contributed by atoms with Crippen LogP contribution in [0.1, 0.15) is 258 Å². The molecule has 0 aliphatic carbocycles. The summed E-state index contributed by atoms with van der Waals surface area (Å²) in [4.78, 5) is 35.6. The summed E-state index contributed by atoms with van der Waals surface area (Å²) in [6.07, 6.45) is 57.7. The summed E-state index contributed by atoms with van der Waals surface area (Å²) in [7, 11) is 1.48. The van der Waals surface area contributed by atoms with E-state index in [1.165, 1.54) is 154 Å². The van der Waals surface area contributed by atoms with E-state index in [1.54, 1.807) is 0 Å². The monoisotopic (exact) mass is 953 g/mol. The Hall–Kier alpha value is -1.77. The van der Waals surface area contributed by atoms with Crippen molar-refractivity contribution in [2.24, 2.45) is 0 Å². The molecule has 0 amide bonds. The standard InChI is InChI=1S/C56H106NO8P/c1-6-8-10-12-14-16-18-20-22-24-26-27-28-29-31-32-34-36-38-40-42-44-46-48-55(58)62-52-54(53-64-66(60,61)63-51-50-57(3,4)5)65-56(59)49-47-45-43-41-39-37-35-33-30-25-23-21-19-17-15-13-11-9-7-2/h15,17,21,23,30,33,54H,6-14,16,18-20,22,24-29,31-32,34-53H2,1-5H3/p+1/b17-15-,23-21-,33-30-. The Balaban J connectivity index is 4.18. The van der Waals surface area contributed by atoms with E-state index >= 15 is 0 Å². The van der Waals surface area contributed by atoms with Crippen LogP contribution in [0.5, 0.6) is 0 Å². The molecular weight excluding hydrogens is 846 g/mol. The fourth-order valence-corrected chi connectivity index (χ4v) is 8.59. The predicted octanol–water partition coefficient (Wildman–Crippen LogP) is 16.8. The lowest BCUT2D eigenvalue weighted by Gasteiger charge is -2.24. The van der Waals surface area contributed by atoms with Crippen molar-refractivity contribution in [2.45, 2.75) is 264 Å². The number of phosphoric ester groups is 1. The van der Waals surface area contributed by atoms with Crippen LogP contribution in [0.2, 0.25) is 0 Å². The smallest absolute Gasteiger partial charge is 0.462 e. The van der Waals surface area contributed by atoms with Crippen molar-refractivity contribution in [3.63, 3.8) is 0 Å². The number of likely N-dealkylation sites (N-methyl/N-ethyl adjacent to an activating group) is 1. The molecule has 0 spiro atoms. The molecule has 0 aromatic carbocycles. The minimum absolute atomic E-state index is 0.0299. The maximum Gasteiger partial charge on any atom is 0.472 e. The van der Waals surface area contributed by atoms with Crippen molar-refractivity contribution in [3.05, 3.63) is 36.5 Å². The molecule has 9 nitrogen and oxygen atoms in total. The Morgan fingerprint density at radius 3 is 1.24 bits per heavy atom. The highest BCUT2D eigenvalue weighted by atomic mass is 31.2. The number of carbonyl (C=O) groups is 2. The lowest BCUT2D eigenvalue weighted by atomic mass is 10.0. The highest BCUT2D eigenvalue weighted by Crippen LogP contribution is 2.43. The number of quaternary nitrogens is 1. The first-order valence-corrected chi connectivity index (χ1v) is 29.2. The summed E-state index contributed by atoms with van der Waals surface area (Å²) in [6.45, 7) is 4.43. The molecule has 0 aliphatic rings. The molecule has 0 saturated heterocycles. The molecule has 2 unspecified atom stereocenters. The van der Waals surface area contributed by atoms with Gasteiger partial charge in [0.25, 0.3) is 0 Å². The van der Waals surface area contributed by atoms with Gasteiger partial charge in [0.2, 0.25) is 0 Å². The molecule has 0 heterocycles. The molecule has 10 heteroatoms. The average Bonchev–Trinajstić information content (AvgIpc) is 3.27. The van der Waals surface area contributed by atoms with Gasteiger partial charge in [-0.05, 0) is 51.4 Å². The third kappa shape index (κ3) is 51.6. The SMILES string of the molecule is CCCCC/C=C\C/C=C\C/C=C\CCCCCCCCC(=O)OC(COC(=O)CCCCCCCCCCCCCCCCCCCCCCCCC)COP(=O)(O)OCC[N+](C)(C)C. The van der Waals surface area contributed by atoms with Crippen LogP contribution in [-0.4, -0.2) is 74.9 Å². The summed E-state index contributed by atoms with van der Waals surface area (Å²) in [6, 6.07) is 0. The Morgan fingerprint density at radius 1 is 0.470 bits per heavy atom. The number of nitrogens with zero attached hydrogens (tertiary/aromatic N) is 1. The Labute approximate surface area is 408 Å². The first kappa shape index (κ1) is 64.2. The molecule has 0 aromatic rings. The van der Waals surface area contributed by atoms with Crippen LogP contribution in [0.15, 0.2) is 36.5 Å². The number of hydrogen-bond acceptors (Lipinski definition) is 7. The van der Waals surface area contributed by atoms with Gasteiger partial charge in [0.05, 0.1) is 27.7 Å². The number of phosphoric acid groups is 1. The quantitative estimate of drug-likeness (QED) is 0.0211. The summed E-state index contributed by atoms with van der Waals surface area (Å²) in [5.41, 5.74) is 0. The molecule has 1 N–H and O–H groups in total. The van der Waals surface area contributed by atoms with E-state index in [1.807, 2.05) is 21.1 Å². The van der Waals surface area contributed by atoms with Gasteiger partial charge in [0, 0.05) is 12.8 Å². The fraction of sp³-hybridized carbons (Fsp3) is 0.857. The van der Waals surface area contributed by atoms with Gasteiger partial charge in [0.15, 0.2) is 6.10 Å². The third-order valence-electron chi connectivity index (χ3n) is 12.2. The predicted molar refractivity (Wildman–Crippen MR) is 280 cm³/mol. The maximum absolute atomic E-state index is 12.8. The average molecular weight is 953 g/mol. The lowest BCUT2D eigenvalue weighted by Crippen LogP contribution is -2.37. The minimum atomic E-state index is -4.38. The van der Waals surface area contributed by atoms with E-state index in [-0.39, 0.29) is 25.6 Å². The molecule has 0 bridgehead atoms. The van der Waals surface area contributed by atoms with Gasteiger partial charge in [-0.25, -0.2) is 4.57 Å². The number of esters is 2. The maximum atomic E-state index is 12.8. The van der Waals surface area contributed by atoms with Gasteiger partial charge in [-0.1, -0.05) is 230 Å². The van der Waals surface area contributed by atoms with E-state index in [4.69, 9.17) is 18.5 Å². The molecule has 0 saturated carbocycles. The van der Waals surface area contributed by atoms with Crippen molar-refractivity contribution < 1.29 is 42.1 Å². The second kappa shape index (κ2) is 48.3. The molecule has 0 rings (SSSR count). The third-order valence-corrected chi connectivity index (χ3v) is 13.2. The highest BCUT2D eigenvalue weighted by Gasteiger charge is 2.27. The zero-order valence-corrected chi connectivity index (χ0v) is 44.8. The number of allylic oxidation sites excluding steroid dienone is 6. The van der Waals surface area contributed by atoms with Crippen molar-refractivity contribution in [1.82, 2.24) is 0 Å². The zero-order chi connectivity index (χ0) is 48.5. The molecular formula is C56H107NO8P+. The minimum Gasteiger partial charge on any atom is -0.462 e. The molecule has 388 valence electrons. The van der Waals surface area contributed by atoms with E-state index in [9.17, 15) is 19.0 Å². The first-order valence-electron chi connectivity index (χ1n) is 27.7. The van der Waals surface area contributed by atoms with Gasteiger partial charge in [0.1, 0.15) is 19.8 Å². The van der Waals surface area contributed by atoms with Crippen molar-refractivity contribution in [1.29, 1.82) is 0 Å². The molecule has 0 fully saturated rings. The van der Waals surface area contributed by atoms with E-state index in [2.05, 4.69) is 50.3 Å². The summed E-state index contributed by atoms with van der Waals surface area (Å²) in [5.74, 6) is -0.801. The molecule has 0 aliphatic heterocycles. The second-order valence-corrected chi connectivity index (χ2v) is 21.4. The molecule has 2 atom stereocenters.